The topological polar surface area (TPSA) is 115 Å². The molecule has 0 bridgehead atoms. The molecule has 10 nitrogen and oxygen atoms in total. The van der Waals surface area contributed by atoms with Crippen molar-refractivity contribution in [2.75, 3.05) is 13.1 Å². The molecular formula is C24H19ClN4O6. The minimum Gasteiger partial charge on any atom is -0.418 e. The number of carbonyl (C=O) groups excluding carboxylic acids is 2. The summed E-state index contributed by atoms with van der Waals surface area (Å²) in [5.41, 5.74) is -0.220. The van der Waals surface area contributed by atoms with Crippen molar-refractivity contribution >= 4 is 23.7 Å². The molecule has 0 aliphatic carbocycles. The average Bonchev–Trinajstić information content (AvgIpc) is 3.24. The molecule has 3 aromatic rings. The molecule has 1 fully saturated rings. The lowest BCUT2D eigenvalue weighted by Gasteiger charge is -2.22. The predicted molar refractivity (Wildman–Crippen MR) is 125 cm³/mol. The SMILES string of the molecule is O=C(Oc1ccccc1)C(=C1N(Cc2ccc(Cl)nc2)CCN1C(=O)Oc1ccccc1)[N+](=O)[O-]. The second kappa shape index (κ2) is 10.7. The van der Waals surface area contributed by atoms with Gasteiger partial charge in [-0.15, -0.1) is 0 Å². The van der Waals surface area contributed by atoms with Crippen LogP contribution in [0.3, 0.4) is 0 Å². The van der Waals surface area contributed by atoms with Crippen molar-refractivity contribution < 1.29 is 24.0 Å². The molecule has 1 aliphatic heterocycles. The van der Waals surface area contributed by atoms with Gasteiger partial charge < -0.3 is 14.4 Å². The molecular weight excluding hydrogens is 476 g/mol. The van der Waals surface area contributed by atoms with Gasteiger partial charge in [0.1, 0.15) is 16.7 Å². The van der Waals surface area contributed by atoms with E-state index in [0.717, 1.165) is 4.90 Å². The van der Waals surface area contributed by atoms with Crippen LogP contribution in [0.1, 0.15) is 5.56 Å². The molecule has 35 heavy (non-hydrogen) atoms. The number of hydrogen-bond donors (Lipinski definition) is 0. The van der Waals surface area contributed by atoms with Crippen molar-refractivity contribution in [2.24, 2.45) is 0 Å². The lowest BCUT2D eigenvalue weighted by Crippen LogP contribution is -2.36. The third-order valence-corrected chi connectivity index (χ3v) is 5.24. The molecule has 11 heteroatoms. The van der Waals surface area contributed by atoms with Crippen molar-refractivity contribution in [3.8, 4) is 11.5 Å². The molecule has 0 spiro atoms. The molecule has 0 unspecified atom stereocenters. The first-order chi connectivity index (χ1) is 16.9. The Balaban J connectivity index is 1.71. The average molecular weight is 495 g/mol. The maximum atomic E-state index is 13.0. The first kappa shape index (κ1) is 23.7. The van der Waals surface area contributed by atoms with Gasteiger partial charge in [0, 0.05) is 25.8 Å². The summed E-state index contributed by atoms with van der Waals surface area (Å²) in [6.07, 6.45) is 0.647. The zero-order valence-electron chi connectivity index (χ0n) is 18.2. The maximum absolute atomic E-state index is 13.0. The van der Waals surface area contributed by atoms with E-state index in [0.29, 0.717) is 5.56 Å². The van der Waals surface area contributed by atoms with Crippen molar-refractivity contribution in [2.45, 2.75) is 6.54 Å². The highest BCUT2D eigenvalue weighted by Crippen LogP contribution is 2.28. The van der Waals surface area contributed by atoms with Crippen molar-refractivity contribution in [3.63, 3.8) is 0 Å². The van der Waals surface area contributed by atoms with Crippen LogP contribution in [0, 0.1) is 10.1 Å². The van der Waals surface area contributed by atoms with E-state index in [2.05, 4.69) is 4.98 Å². The van der Waals surface area contributed by atoms with Crippen LogP contribution >= 0.6 is 11.6 Å². The van der Waals surface area contributed by atoms with E-state index in [9.17, 15) is 19.7 Å². The summed E-state index contributed by atoms with van der Waals surface area (Å²) in [6, 6.07) is 19.5. The molecule has 0 atom stereocenters. The summed E-state index contributed by atoms with van der Waals surface area (Å²) in [7, 11) is 0. The van der Waals surface area contributed by atoms with E-state index < -0.39 is 22.7 Å². The standard InChI is InChI=1S/C24H19ClN4O6/c25-20-12-11-17(15-26-20)16-27-13-14-28(24(31)35-19-9-5-2-6-10-19)22(27)21(29(32)33)23(30)34-18-7-3-1-4-8-18/h1-12,15H,13-14,16H2. The van der Waals surface area contributed by atoms with Crippen molar-refractivity contribution in [1.29, 1.82) is 0 Å². The fraction of sp³-hybridized carbons (Fsp3) is 0.125. The molecule has 2 heterocycles. The van der Waals surface area contributed by atoms with Gasteiger partial charge in [0.2, 0.25) is 5.82 Å². The Labute approximate surface area is 205 Å². The van der Waals surface area contributed by atoms with E-state index in [-0.39, 0.29) is 42.1 Å². The van der Waals surface area contributed by atoms with Gasteiger partial charge in [0.15, 0.2) is 0 Å². The Bertz CT molecular complexity index is 1250. The summed E-state index contributed by atoms with van der Waals surface area (Å²) in [4.78, 5) is 43.8. The number of nitrogens with zero attached hydrogens (tertiary/aromatic N) is 4. The number of para-hydroxylation sites is 2. The zero-order valence-corrected chi connectivity index (χ0v) is 19.0. The molecule has 178 valence electrons. The zero-order chi connectivity index (χ0) is 24.8. The third kappa shape index (κ3) is 5.74. The summed E-state index contributed by atoms with van der Waals surface area (Å²) in [5.74, 6) is -1.06. The maximum Gasteiger partial charge on any atom is 0.421 e. The van der Waals surface area contributed by atoms with Crippen molar-refractivity contribution in [1.82, 2.24) is 14.8 Å². The van der Waals surface area contributed by atoms with Crippen LogP contribution < -0.4 is 9.47 Å². The summed E-state index contributed by atoms with van der Waals surface area (Å²) >= 11 is 5.86. The van der Waals surface area contributed by atoms with E-state index >= 15 is 0 Å². The Hall–Kier alpha value is -4.44. The third-order valence-electron chi connectivity index (χ3n) is 5.02. The monoisotopic (exact) mass is 494 g/mol. The minimum atomic E-state index is -1.21. The Morgan fingerprint density at radius 2 is 1.57 bits per heavy atom. The van der Waals surface area contributed by atoms with E-state index in [1.54, 1.807) is 60.7 Å². The van der Waals surface area contributed by atoms with Crippen LogP contribution in [-0.4, -0.2) is 44.9 Å². The van der Waals surface area contributed by atoms with Gasteiger partial charge in [0.05, 0.1) is 4.92 Å². The number of rotatable bonds is 6. The van der Waals surface area contributed by atoms with Crippen LogP contribution in [0.15, 0.2) is 90.5 Å². The largest absolute Gasteiger partial charge is 0.421 e. The van der Waals surface area contributed by atoms with Gasteiger partial charge in [-0.1, -0.05) is 54.1 Å². The fourth-order valence-corrected chi connectivity index (χ4v) is 3.58. The number of pyridine rings is 1. The van der Waals surface area contributed by atoms with Crippen molar-refractivity contribution in [3.05, 3.63) is 111 Å². The van der Waals surface area contributed by atoms with Crippen LogP contribution in [-0.2, 0) is 11.3 Å². The first-order valence-electron chi connectivity index (χ1n) is 10.5. The van der Waals surface area contributed by atoms with Gasteiger partial charge in [-0.2, -0.15) is 0 Å². The predicted octanol–water partition coefficient (Wildman–Crippen LogP) is 4.10. The minimum absolute atomic E-state index is 0.0535. The normalized spacial score (nSPS) is 14.4. The number of nitro groups is 1. The number of ether oxygens (including phenoxy) is 2. The van der Waals surface area contributed by atoms with Crippen LogP contribution in [0.4, 0.5) is 4.79 Å². The lowest BCUT2D eigenvalue weighted by molar-refractivity contribution is -0.423. The van der Waals surface area contributed by atoms with E-state index in [1.165, 1.54) is 23.2 Å². The quantitative estimate of drug-likeness (QED) is 0.126. The summed E-state index contributed by atoms with van der Waals surface area (Å²) < 4.78 is 10.6. The number of benzene rings is 2. The Kier molecular flexibility index (Phi) is 7.22. The van der Waals surface area contributed by atoms with Gasteiger partial charge in [-0.3, -0.25) is 15.0 Å². The molecule has 1 aromatic heterocycles. The second-order valence-electron chi connectivity index (χ2n) is 7.38. The molecule has 0 radical (unpaired) electrons. The van der Waals surface area contributed by atoms with Crippen LogP contribution in [0.5, 0.6) is 11.5 Å². The van der Waals surface area contributed by atoms with Gasteiger partial charge in [-0.25, -0.2) is 14.6 Å². The highest BCUT2D eigenvalue weighted by atomic mass is 35.5. The van der Waals surface area contributed by atoms with Crippen LogP contribution in [0.2, 0.25) is 5.15 Å². The highest BCUT2D eigenvalue weighted by Gasteiger charge is 2.43. The molecule has 1 aliphatic rings. The molecule has 4 rings (SSSR count). The number of amides is 1. The second-order valence-corrected chi connectivity index (χ2v) is 7.76. The number of halogens is 1. The number of aromatic nitrogens is 1. The first-order valence-corrected chi connectivity index (χ1v) is 10.9. The highest BCUT2D eigenvalue weighted by molar-refractivity contribution is 6.29. The smallest absolute Gasteiger partial charge is 0.418 e. The molecule has 0 N–H and O–H groups in total. The van der Waals surface area contributed by atoms with Gasteiger partial charge in [0.25, 0.3) is 0 Å². The fourth-order valence-electron chi connectivity index (χ4n) is 3.47. The summed E-state index contributed by atoms with van der Waals surface area (Å²) in [5, 5.41) is 12.4. The lowest BCUT2D eigenvalue weighted by atomic mass is 10.2. The Morgan fingerprint density at radius 3 is 2.14 bits per heavy atom. The van der Waals surface area contributed by atoms with Gasteiger partial charge in [-0.05, 0) is 35.9 Å². The Morgan fingerprint density at radius 1 is 0.943 bits per heavy atom. The molecule has 2 aromatic carbocycles. The number of carbonyl (C=O) groups is 2. The van der Waals surface area contributed by atoms with Gasteiger partial charge >= 0.3 is 17.8 Å². The number of esters is 1. The molecule has 0 saturated carbocycles. The molecule has 1 amide bonds. The number of hydrogen-bond acceptors (Lipinski definition) is 8. The van der Waals surface area contributed by atoms with E-state index in [4.69, 9.17) is 21.1 Å². The summed E-state index contributed by atoms with van der Waals surface area (Å²) in [6.45, 7) is 0.389. The van der Waals surface area contributed by atoms with Crippen LogP contribution in [0.25, 0.3) is 0 Å². The molecule has 1 saturated heterocycles. The van der Waals surface area contributed by atoms with E-state index in [1.807, 2.05) is 0 Å².